The molecule has 1 fully saturated rings. The fraction of sp³-hybridized carbons (Fsp3) is 0.833. The molecule has 1 N–H and O–H groups in total. The number of methoxy groups -OCH3 is 1. The van der Waals surface area contributed by atoms with Crippen LogP contribution in [0.2, 0.25) is 0 Å². The van der Waals surface area contributed by atoms with Crippen LogP contribution < -0.4 is 5.32 Å². The van der Waals surface area contributed by atoms with Gasteiger partial charge in [-0.3, -0.25) is 14.5 Å². The van der Waals surface area contributed by atoms with Crippen LogP contribution >= 0.6 is 0 Å². The number of carbonyl (C=O) groups excluding carboxylic acids is 2. The highest BCUT2D eigenvalue weighted by Gasteiger charge is 2.24. The standard InChI is InChI=1S/C12H23N3O3/c1-14(2)12(17)9-15(6-7-18-3)8-11(16)13-10-4-5-10/h10H,4-9H2,1-3H3,(H,13,16). The summed E-state index contributed by atoms with van der Waals surface area (Å²) in [6.07, 6.45) is 2.14. The Labute approximate surface area is 108 Å². The Morgan fingerprint density at radius 3 is 2.44 bits per heavy atom. The Morgan fingerprint density at radius 1 is 1.28 bits per heavy atom. The summed E-state index contributed by atoms with van der Waals surface area (Å²) in [5, 5.41) is 2.92. The lowest BCUT2D eigenvalue weighted by Gasteiger charge is -2.22. The predicted molar refractivity (Wildman–Crippen MR) is 68.2 cm³/mol. The third-order valence-electron chi connectivity index (χ3n) is 2.78. The molecule has 0 unspecified atom stereocenters. The molecule has 6 nitrogen and oxygen atoms in total. The average molecular weight is 257 g/mol. The molecule has 6 heteroatoms. The van der Waals surface area contributed by atoms with Gasteiger partial charge in [0.05, 0.1) is 19.7 Å². The zero-order valence-corrected chi connectivity index (χ0v) is 11.4. The van der Waals surface area contributed by atoms with Crippen molar-refractivity contribution in [2.24, 2.45) is 0 Å². The van der Waals surface area contributed by atoms with E-state index in [1.54, 1.807) is 21.2 Å². The smallest absolute Gasteiger partial charge is 0.236 e. The Morgan fingerprint density at radius 2 is 1.94 bits per heavy atom. The predicted octanol–water partition coefficient (Wildman–Crippen LogP) is -0.698. The van der Waals surface area contributed by atoms with Crippen molar-refractivity contribution in [3.63, 3.8) is 0 Å². The van der Waals surface area contributed by atoms with Crippen LogP contribution in [0.4, 0.5) is 0 Å². The lowest BCUT2D eigenvalue weighted by atomic mass is 10.4. The van der Waals surface area contributed by atoms with Crippen LogP contribution in [0, 0.1) is 0 Å². The number of nitrogens with zero attached hydrogens (tertiary/aromatic N) is 2. The molecule has 1 saturated carbocycles. The number of ether oxygens (including phenoxy) is 1. The fourth-order valence-corrected chi connectivity index (χ4v) is 1.47. The van der Waals surface area contributed by atoms with Gasteiger partial charge in [-0.25, -0.2) is 0 Å². The van der Waals surface area contributed by atoms with Crippen LogP contribution in [0.1, 0.15) is 12.8 Å². The maximum absolute atomic E-state index is 11.7. The molecule has 0 aromatic carbocycles. The van der Waals surface area contributed by atoms with Gasteiger partial charge in [-0.2, -0.15) is 0 Å². The Bertz CT molecular complexity index is 290. The number of rotatable bonds is 8. The van der Waals surface area contributed by atoms with E-state index in [9.17, 15) is 9.59 Å². The molecule has 0 aliphatic heterocycles. The molecule has 0 bridgehead atoms. The molecule has 0 aromatic heterocycles. The molecule has 0 atom stereocenters. The first-order valence-electron chi connectivity index (χ1n) is 6.23. The lowest BCUT2D eigenvalue weighted by Crippen LogP contribution is -2.44. The van der Waals surface area contributed by atoms with Gasteiger partial charge in [-0.1, -0.05) is 0 Å². The molecule has 0 radical (unpaired) electrons. The van der Waals surface area contributed by atoms with Crippen molar-refractivity contribution in [1.82, 2.24) is 15.1 Å². The van der Waals surface area contributed by atoms with Crippen LogP contribution in [-0.4, -0.2) is 75.1 Å². The monoisotopic (exact) mass is 257 g/mol. The van der Waals surface area contributed by atoms with E-state index in [0.29, 0.717) is 19.2 Å². The molecular weight excluding hydrogens is 234 g/mol. The highest BCUT2D eigenvalue weighted by atomic mass is 16.5. The molecule has 104 valence electrons. The normalized spacial score (nSPS) is 14.7. The van der Waals surface area contributed by atoms with Gasteiger partial charge in [0.2, 0.25) is 11.8 Å². The van der Waals surface area contributed by atoms with Gasteiger partial charge in [0.15, 0.2) is 0 Å². The summed E-state index contributed by atoms with van der Waals surface area (Å²) in [6.45, 7) is 1.58. The van der Waals surface area contributed by atoms with E-state index in [1.165, 1.54) is 4.90 Å². The second kappa shape index (κ2) is 7.33. The maximum Gasteiger partial charge on any atom is 0.236 e. The van der Waals surface area contributed by atoms with Crippen molar-refractivity contribution in [3.8, 4) is 0 Å². The first-order chi connectivity index (χ1) is 8.52. The third kappa shape index (κ3) is 5.97. The summed E-state index contributed by atoms with van der Waals surface area (Å²) in [5.41, 5.74) is 0. The van der Waals surface area contributed by atoms with Gasteiger partial charge in [0.1, 0.15) is 0 Å². The number of carbonyl (C=O) groups is 2. The molecule has 1 aliphatic carbocycles. The quantitative estimate of drug-likeness (QED) is 0.625. The number of nitrogens with one attached hydrogen (secondary N) is 1. The van der Waals surface area contributed by atoms with Gasteiger partial charge < -0.3 is 15.0 Å². The largest absolute Gasteiger partial charge is 0.383 e. The summed E-state index contributed by atoms with van der Waals surface area (Å²) in [7, 11) is 5.03. The minimum atomic E-state index is -0.0137. The average Bonchev–Trinajstić information content (AvgIpc) is 3.09. The SMILES string of the molecule is COCCN(CC(=O)NC1CC1)CC(=O)N(C)C. The summed E-state index contributed by atoms with van der Waals surface area (Å²) < 4.78 is 4.99. The van der Waals surface area contributed by atoms with E-state index in [-0.39, 0.29) is 24.9 Å². The highest BCUT2D eigenvalue weighted by molar-refractivity contribution is 5.81. The third-order valence-corrected chi connectivity index (χ3v) is 2.78. The zero-order chi connectivity index (χ0) is 13.5. The van der Waals surface area contributed by atoms with E-state index in [4.69, 9.17) is 4.74 Å². The first-order valence-corrected chi connectivity index (χ1v) is 6.23. The molecule has 1 aliphatic rings. The zero-order valence-electron chi connectivity index (χ0n) is 11.4. The van der Waals surface area contributed by atoms with E-state index in [0.717, 1.165) is 12.8 Å². The van der Waals surface area contributed by atoms with Crippen molar-refractivity contribution in [1.29, 1.82) is 0 Å². The van der Waals surface area contributed by atoms with Gasteiger partial charge >= 0.3 is 0 Å². The van der Waals surface area contributed by atoms with Crippen LogP contribution in [-0.2, 0) is 14.3 Å². The van der Waals surface area contributed by atoms with E-state index in [2.05, 4.69) is 5.32 Å². The maximum atomic E-state index is 11.7. The topological polar surface area (TPSA) is 61.9 Å². The number of amides is 2. The Hall–Kier alpha value is -1.14. The molecule has 18 heavy (non-hydrogen) atoms. The van der Waals surface area contributed by atoms with Gasteiger partial charge in [-0.05, 0) is 12.8 Å². The molecule has 0 spiro atoms. The van der Waals surface area contributed by atoms with Gasteiger partial charge in [0.25, 0.3) is 0 Å². The van der Waals surface area contributed by atoms with Crippen molar-refractivity contribution < 1.29 is 14.3 Å². The molecule has 0 heterocycles. The van der Waals surface area contributed by atoms with Crippen LogP contribution in [0.3, 0.4) is 0 Å². The number of hydrogen-bond donors (Lipinski definition) is 1. The molecule has 0 saturated heterocycles. The minimum Gasteiger partial charge on any atom is -0.383 e. The fourth-order valence-electron chi connectivity index (χ4n) is 1.47. The summed E-state index contributed by atoms with van der Waals surface area (Å²) in [4.78, 5) is 26.7. The molecule has 0 aromatic rings. The van der Waals surface area contributed by atoms with Gasteiger partial charge in [0, 0.05) is 33.8 Å². The Kier molecular flexibility index (Phi) is 6.07. The van der Waals surface area contributed by atoms with Crippen molar-refractivity contribution in [2.75, 3.05) is 47.4 Å². The van der Waals surface area contributed by atoms with Crippen LogP contribution in [0.25, 0.3) is 0 Å². The lowest BCUT2D eigenvalue weighted by molar-refractivity contribution is -0.131. The van der Waals surface area contributed by atoms with E-state index >= 15 is 0 Å². The number of hydrogen-bond acceptors (Lipinski definition) is 4. The molecule has 1 rings (SSSR count). The summed E-state index contributed by atoms with van der Waals surface area (Å²) in [6, 6.07) is 0.353. The molecule has 2 amide bonds. The van der Waals surface area contributed by atoms with Crippen LogP contribution in [0.15, 0.2) is 0 Å². The van der Waals surface area contributed by atoms with Gasteiger partial charge in [-0.15, -0.1) is 0 Å². The summed E-state index contributed by atoms with van der Waals surface area (Å²) in [5.74, 6) is -0.0227. The minimum absolute atomic E-state index is 0.00896. The summed E-state index contributed by atoms with van der Waals surface area (Å²) >= 11 is 0. The van der Waals surface area contributed by atoms with Crippen molar-refractivity contribution >= 4 is 11.8 Å². The van der Waals surface area contributed by atoms with Crippen molar-refractivity contribution in [2.45, 2.75) is 18.9 Å². The van der Waals surface area contributed by atoms with E-state index in [1.807, 2.05) is 4.90 Å². The molecular formula is C12H23N3O3. The first kappa shape index (κ1) is 14.9. The van der Waals surface area contributed by atoms with Crippen LogP contribution in [0.5, 0.6) is 0 Å². The van der Waals surface area contributed by atoms with E-state index < -0.39 is 0 Å². The number of likely N-dealkylation sites (N-methyl/N-ethyl adjacent to an activating group) is 1. The van der Waals surface area contributed by atoms with Crippen molar-refractivity contribution in [3.05, 3.63) is 0 Å². The second-order valence-corrected chi connectivity index (χ2v) is 4.83. The second-order valence-electron chi connectivity index (χ2n) is 4.83. The Balaban J connectivity index is 2.37. The highest BCUT2D eigenvalue weighted by Crippen LogP contribution is 2.18.